The van der Waals surface area contributed by atoms with Crippen LogP contribution in [0.3, 0.4) is 0 Å². The van der Waals surface area contributed by atoms with E-state index in [0.717, 1.165) is 18.8 Å². The van der Waals surface area contributed by atoms with Crippen molar-refractivity contribution in [1.29, 1.82) is 0 Å². The van der Waals surface area contributed by atoms with Crippen molar-refractivity contribution in [1.82, 2.24) is 4.90 Å². The molecule has 0 aromatic heterocycles. The molecule has 0 saturated carbocycles. The van der Waals surface area contributed by atoms with Crippen molar-refractivity contribution in [3.63, 3.8) is 0 Å². The number of carbonyl (C=O) groups excluding carboxylic acids is 1. The molecule has 14 heavy (non-hydrogen) atoms. The summed E-state index contributed by atoms with van der Waals surface area (Å²) in [5.41, 5.74) is 0.297. The number of hydrogen-bond donors (Lipinski definition) is 0. The highest BCUT2D eigenvalue weighted by atomic mass is 16.1. The van der Waals surface area contributed by atoms with Crippen molar-refractivity contribution in [2.45, 2.75) is 52.5 Å². The molecule has 1 unspecified atom stereocenters. The molecular formula is C12H23NO. The summed E-state index contributed by atoms with van der Waals surface area (Å²) in [6, 6.07) is 0. The molecule has 2 nitrogen and oxygen atoms in total. The van der Waals surface area contributed by atoms with E-state index in [2.05, 4.69) is 25.7 Å². The second-order valence-electron chi connectivity index (χ2n) is 5.51. The van der Waals surface area contributed by atoms with Gasteiger partial charge in [0.2, 0.25) is 0 Å². The summed E-state index contributed by atoms with van der Waals surface area (Å²) < 4.78 is 0. The lowest BCUT2D eigenvalue weighted by Crippen LogP contribution is -2.39. The summed E-state index contributed by atoms with van der Waals surface area (Å²) in [6.07, 6.45) is 3.12. The molecule has 1 rings (SSSR count). The Balaban J connectivity index is 2.31. The zero-order valence-electron chi connectivity index (χ0n) is 9.97. The zero-order chi connectivity index (χ0) is 10.8. The second kappa shape index (κ2) is 4.43. The zero-order valence-corrected chi connectivity index (χ0v) is 9.97. The summed E-state index contributed by atoms with van der Waals surface area (Å²) >= 11 is 0. The number of carbonyl (C=O) groups is 1. The average Bonchev–Trinajstić information content (AvgIpc) is 2.47. The monoisotopic (exact) mass is 197 g/mol. The lowest BCUT2D eigenvalue weighted by Gasteiger charge is -2.31. The fraction of sp³-hybridized carbons (Fsp3) is 0.917. The first-order chi connectivity index (χ1) is 6.39. The van der Waals surface area contributed by atoms with Crippen LogP contribution in [0.25, 0.3) is 0 Å². The minimum absolute atomic E-state index is 0.297. The van der Waals surface area contributed by atoms with E-state index in [1.165, 1.54) is 19.5 Å². The van der Waals surface area contributed by atoms with E-state index in [0.29, 0.717) is 11.3 Å². The lowest BCUT2D eigenvalue weighted by molar-refractivity contribution is -0.117. The van der Waals surface area contributed by atoms with Crippen molar-refractivity contribution in [3.05, 3.63) is 0 Å². The highest BCUT2D eigenvalue weighted by molar-refractivity contribution is 5.75. The average molecular weight is 197 g/mol. The molecule has 1 aliphatic heterocycles. The van der Waals surface area contributed by atoms with Gasteiger partial charge in [0.25, 0.3) is 0 Å². The van der Waals surface area contributed by atoms with Crippen LogP contribution in [-0.4, -0.2) is 29.3 Å². The van der Waals surface area contributed by atoms with E-state index < -0.39 is 0 Å². The Hall–Kier alpha value is -0.370. The summed E-state index contributed by atoms with van der Waals surface area (Å²) in [4.78, 5) is 13.4. The predicted molar refractivity (Wildman–Crippen MR) is 59.3 cm³/mol. The van der Waals surface area contributed by atoms with Crippen molar-refractivity contribution < 1.29 is 4.79 Å². The van der Waals surface area contributed by atoms with E-state index in [1.807, 2.05) is 0 Å². The molecule has 1 fully saturated rings. The minimum atomic E-state index is 0.297. The molecule has 0 spiro atoms. The Bertz CT molecular complexity index is 205. The minimum Gasteiger partial charge on any atom is -0.300 e. The van der Waals surface area contributed by atoms with Crippen LogP contribution in [0.5, 0.6) is 0 Å². The van der Waals surface area contributed by atoms with Crippen molar-refractivity contribution in [2.24, 2.45) is 5.92 Å². The van der Waals surface area contributed by atoms with E-state index in [4.69, 9.17) is 0 Å². The molecule has 0 radical (unpaired) electrons. The van der Waals surface area contributed by atoms with Crippen molar-refractivity contribution in [3.8, 4) is 0 Å². The molecule has 0 aromatic rings. The van der Waals surface area contributed by atoms with Crippen LogP contribution in [0.1, 0.15) is 47.0 Å². The van der Waals surface area contributed by atoms with Crippen LogP contribution >= 0.6 is 0 Å². The molecule has 1 aliphatic rings. The molecular weight excluding hydrogens is 174 g/mol. The highest BCUT2D eigenvalue weighted by Crippen LogP contribution is 2.26. The molecule has 0 N–H and O–H groups in total. The lowest BCUT2D eigenvalue weighted by atomic mass is 10.0. The van der Waals surface area contributed by atoms with Gasteiger partial charge in [0, 0.05) is 18.5 Å². The van der Waals surface area contributed by atoms with Gasteiger partial charge in [0.05, 0.1) is 0 Å². The van der Waals surface area contributed by atoms with Gasteiger partial charge >= 0.3 is 0 Å². The normalized spacial score (nSPS) is 24.1. The molecule has 0 amide bonds. The van der Waals surface area contributed by atoms with Crippen LogP contribution in [0.15, 0.2) is 0 Å². The topological polar surface area (TPSA) is 20.3 Å². The Labute approximate surface area is 87.7 Å². The van der Waals surface area contributed by atoms with E-state index in [1.54, 1.807) is 6.92 Å². The van der Waals surface area contributed by atoms with Gasteiger partial charge in [-0.05, 0) is 53.0 Å². The standard InChI is InChI=1S/C12H23NO/c1-10(14)5-6-11-7-8-13(9-11)12(2,3)4/h11H,5-9H2,1-4H3. The largest absolute Gasteiger partial charge is 0.300 e. The number of nitrogens with zero attached hydrogens (tertiary/aromatic N) is 1. The van der Waals surface area contributed by atoms with Crippen LogP contribution in [-0.2, 0) is 4.79 Å². The number of ketones is 1. The van der Waals surface area contributed by atoms with Gasteiger partial charge in [0.1, 0.15) is 5.78 Å². The summed E-state index contributed by atoms with van der Waals surface area (Å²) in [6.45, 7) is 10.9. The number of likely N-dealkylation sites (tertiary alicyclic amines) is 1. The summed E-state index contributed by atoms with van der Waals surface area (Å²) in [7, 11) is 0. The third-order valence-electron chi connectivity index (χ3n) is 3.14. The summed E-state index contributed by atoms with van der Waals surface area (Å²) in [5, 5.41) is 0. The maximum absolute atomic E-state index is 10.9. The quantitative estimate of drug-likeness (QED) is 0.692. The number of rotatable bonds is 3. The molecule has 1 heterocycles. The van der Waals surface area contributed by atoms with Crippen molar-refractivity contribution >= 4 is 5.78 Å². The Morgan fingerprint density at radius 2 is 2.07 bits per heavy atom. The molecule has 0 aliphatic carbocycles. The first-order valence-electron chi connectivity index (χ1n) is 5.64. The first-order valence-corrected chi connectivity index (χ1v) is 5.64. The second-order valence-corrected chi connectivity index (χ2v) is 5.51. The van der Waals surface area contributed by atoms with Gasteiger partial charge in [-0.15, -0.1) is 0 Å². The van der Waals surface area contributed by atoms with Crippen LogP contribution in [0.2, 0.25) is 0 Å². The Kier molecular flexibility index (Phi) is 3.71. The number of hydrogen-bond acceptors (Lipinski definition) is 2. The molecule has 0 aromatic carbocycles. The molecule has 2 heteroatoms. The van der Waals surface area contributed by atoms with Crippen LogP contribution in [0, 0.1) is 5.92 Å². The smallest absolute Gasteiger partial charge is 0.129 e. The number of Topliss-reactive ketones (excluding diaryl/α,β-unsaturated/α-hetero) is 1. The maximum Gasteiger partial charge on any atom is 0.129 e. The third kappa shape index (κ3) is 3.41. The fourth-order valence-electron chi connectivity index (χ4n) is 2.08. The van der Waals surface area contributed by atoms with E-state index in [-0.39, 0.29) is 0 Å². The van der Waals surface area contributed by atoms with Gasteiger partial charge in [-0.2, -0.15) is 0 Å². The van der Waals surface area contributed by atoms with Crippen LogP contribution in [0.4, 0.5) is 0 Å². The van der Waals surface area contributed by atoms with Gasteiger partial charge in [-0.1, -0.05) is 0 Å². The fourth-order valence-corrected chi connectivity index (χ4v) is 2.08. The highest BCUT2D eigenvalue weighted by Gasteiger charge is 2.29. The van der Waals surface area contributed by atoms with Gasteiger partial charge in [-0.25, -0.2) is 0 Å². The van der Waals surface area contributed by atoms with Crippen LogP contribution < -0.4 is 0 Å². The van der Waals surface area contributed by atoms with E-state index in [9.17, 15) is 4.79 Å². The summed E-state index contributed by atoms with van der Waals surface area (Å²) in [5.74, 6) is 1.08. The molecule has 0 bridgehead atoms. The van der Waals surface area contributed by atoms with Gasteiger partial charge < -0.3 is 4.79 Å². The first kappa shape index (κ1) is 11.7. The SMILES string of the molecule is CC(=O)CCC1CCN(C(C)(C)C)C1. The van der Waals surface area contributed by atoms with Crippen molar-refractivity contribution in [2.75, 3.05) is 13.1 Å². The third-order valence-corrected chi connectivity index (χ3v) is 3.14. The maximum atomic E-state index is 10.9. The molecule has 1 atom stereocenters. The molecule has 1 saturated heterocycles. The van der Waals surface area contributed by atoms with E-state index >= 15 is 0 Å². The van der Waals surface area contributed by atoms with Gasteiger partial charge in [-0.3, -0.25) is 4.90 Å². The Morgan fingerprint density at radius 1 is 1.43 bits per heavy atom. The predicted octanol–water partition coefficient (Wildman–Crippen LogP) is 2.48. The Morgan fingerprint density at radius 3 is 2.50 bits per heavy atom. The molecule has 82 valence electrons. The van der Waals surface area contributed by atoms with Gasteiger partial charge in [0.15, 0.2) is 0 Å².